The van der Waals surface area contributed by atoms with Crippen molar-refractivity contribution in [3.8, 4) is 0 Å². The van der Waals surface area contributed by atoms with Crippen molar-refractivity contribution in [1.29, 1.82) is 0 Å². The average molecular weight is 395 g/mol. The van der Waals surface area contributed by atoms with Crippen LogP contribution in [0, 0.1) is 0 Å². The fraction of sp³-hybridized carbons (Fsp3) is 0.368. The SMILES string of the molecule is C[C@@H](NS(=O)(=O)c1cccc(Cl)c1)[C@@H](c1ccccc1)N1CCOCC1. The molecular formula is C19H23ClN2O3S. The van der Waals surface area contributed by atoms with Gasteiger partial charge in [-0.3, -0.25) is 4.90 Å². The Morgan fingerprint density at radius 2 is 1.77 bits per heavy atom. The van der Waals surface area contributed by atoms with Gasteiger partial charge in [0, 0.05) is 24.2 Å². The number of hydrogen-bond donors (Lipinski definition) is 1. The fourth-order valence-corrected chi connectivity index (χ4v) is 4.88. The Hall–Kier alpha value is -1.44. The smallest absolute Gasteiger partial charge is 0.240 e. The summed E-state index contributed by atoms with van der Waals surface area (Å²) in [4.78, 5) is 2.44. The van der Waals surface area contributed by atoms with Crippen LogP contribution in [-0.2, 0) is 14.8 Å². The Balaban J connectivity index is 1.86. The summed E-state index contributed by atoms with van der Waals surface area (Å²) in [6.45, 7) is 4.73. The molecule has 2 atom stereocenters. The molecule has 2 aromatic carbocycles. The van der Waals surface area contributed by atoms with Crippen molar-refractivity contribution in [2.75, 3.05) is 26.3 Å². The highest BCUT2D eigenvalue weighted by Crippen LogP contribution is 2.27. The maximum Gasteiger partial charge on any atom is 0.240 e. The first kappa shape index (κ1) is 19.3. The van der Waals surface area contributed by atoms with E-state index in [1.807, 2.05) is 37.3 Å². The highest BCUT2D eigenvalue weighted by atomic mass is 35.5. The van der Waals surface area contributed by atoms with Crippen LogP contribution in [0.15, 0.2) is 59.5 Å². The van der Waals surface area contributed by atoms with Crippen LogP contribution in [0.2, 0.25) is 5.02 Å². The summed E-state index contributed by atoms with van der Waals surface area (Å²) >= 11 is 5.95. The molecule has 0 bridgehead atoms. The molecule has 3 rings (SSSR count). The van der Waals surface area contributed by atoms with Crippen LogP contribution >= 0.6 is 11.6 Å². The Morgan fingerprint density at radius 1 is 1.08 bits per heavy atom. The zero-order valence-electron chi connectivity index (χ0n) is 14.6. The van der Waals surface area contributed by atoms with Gasteiger partial charge in [-0.2, -0.15) is 0 Å². The van der Waals surface area contributed by atoms with Crippen molar-refractivity contribution < 1.29 is 13.2 Å². The fourth-order valence-electron chi connectivity index (χ4n) is 3.33. The third-order valence-corrected chi connectivity index (χ3v) is 6.29. The lowest BCUT2D eigenvalue weighted by atomic mass is 9.99. The van der Waals surface area contributed by atoms with Crippen LogP contribution in [0.3, 0.4) is 0 Å². The molecule has 0 amide bonds. The third-order valence-electron chi connectivity index (χ3n) is 4.50. The van der Waals surface area contributed by atoms with Gasteiger partial charge in [0.2, 0.25) is 10.0 Å². The Morgan fingerprint density at radius 3 is 2.42 bits per heavy atom. The lowest BCUT2D eigenvalue weighted by Gasteiger charge is -2.38. The molecule has 26 heavy (non-hydrogen) atoms. The summed E-state index contributed by atoms with van der Waals surface area (Å²) in [5.74, 6) is 0. The molecule has 2 aromatic rings. The highest BCUT2D eigenvalue weighted by molar-refractivity contribution is 7.89. The van der Waals surface area contributed by atoms with E-state index in [0.29, 0.717) is 18.2 Å². The molecule has 0 radical (unpaired) electrons. The summed E-state index contributed by atoms with van der Waals surface area (Å²) in [7, 11) is -3.67. The minimum atomic E-state index is -3.67. The minimum Gasteiger partial charge on any atom is -0.379 e. The van der Waals surface area contributed by atoms with Gasteiger partial charge >= 0.3 is 0 Å². The largest absolute Gasteiger partial charge is 0.379 e. The molecule has 1 fully saturated rings. The zero-order chi connectivity index (χ0) is 18.6. The van der Waals surface area contributed by atoms with Gasteiger partial charge in [0.25, 0.3) is 0 Å². The molecule has 0 spiro atoms. The van der Waals surface area contributed by atoms with E-state index in [1.54, 1.807) is 18.2 Å². The van der Waals surface area contributed by atoms with E-state index < -0.39 is 10.0 Å². The molecule has 7 heteroatoms. The average Bonchev–Trinajstić information content (AvgIpc) is 2.63. The molecule has 0 saturated carbocycles. The van der Waals surface area contributed by atoms with Gasteiger partial charge in [-0.25, -0.2) is 13.1 Å². The summed E-state index contributed by atoms with van der Waals surface area (Å²) in [5.41, 5.74) is 1.08. The lowest BCUT2D eigenvalue weighted by molar-refractivity contribution is 0.0105. The van der Waals surface area contributed by atoms with Crippen molar-refractivity contribution in [3.63, 3.8) is 0 Å². The third kappa shape index (κ3) is 4.64. The predicted octanol–water partition coefficient (Wildman–Crippen LogP) is 3.08. The second-order valence-electron chi connectivity index (χ2n) is 6.37. The molecule has 0 unspecified atom stereocenters. The van der Waals surface area contributed by atoms with E-state index in [4.69, 9.17) is 16.3 Å². The Bertz CT molecular complexity index is 824. The van der Waals surface area contributed by atoms with Crippen molar-refractivity contribution >= 4 is 21.6 Å². The summed E-state index contributed by atoms with van der Waals surface area (Å²) in [6, 6.07) is 15.9. The minimum absolute atomic E-state index is 0.0749. The van der Waals surface area contributed by atoms with Crippen LogP contribution in [0.1, 0.15) is 18.5 Å². The van der Waals surface area contributed by atoms with Crippen molar-refractivity contribution in [3.05, 3.63) is 65.2 Å². The summed E-state index contributed by atoms with van der Waals surface area (Å²) in [5, 5.41) is 0.397. The van der Waals surface area contributed by atoms with E-state index in [2.05, 4.69) is 9.62 Å². The molecule has 0 aromatic heterocycles. The van der Waals surface area contributed by atoms with Crippen molar-refractivity contribution in [2.24, 2.45) is 0 Å². The van der Waals surface area contributed by atoms with Crippen LogP contribution in [-0.4, -0.2) is 45.7 Å². The number of hydrogen-bond acceptors (Lipinski definition) is 4. The normalized spacial score (nSPS) is 18.4. The second kappa shape index (κ2) is 8.50. The van der Waals surface area contributed by atoms with E-state index in [9.17, 15) is 8.42 Å². The molecule has 0 aliphatic carbocycles. The van der Waals surface area contributed by atoms with Crippen molar-refractivity contribution in [2.45, 2.75) is 23.9 Å². The van der Waals surface area contributed by atoms with Crippen LogP contribution in [0.4, 0.5) is 0 Å². The first-order valence-electron chi connectivity index (χ1n) is 8.62. The highest BCUT2D eigenvalue weighted by Gasteiger charge is 2.30. The number of benzene rings is 2. The molecule has 1 heterocycles. The number of ether oxygens (including phenoxy) is 1. The molecule has 140 valence electrons. The number of rotatable bonds is 6. The molecule has 1 N–H and O–H groups in total. The van der Waals surface area contributed by atoms with Gasteiger partial charge in [0.05, 0.1) is 24.2 Å². The van der Waals surface area contributed by atoms with E-state index in [-0.39, 0.29) is 17.0 Å². The second-order valence-corrected chi connectivity index (χ2v) is 8.52. The van der Waals surface area contributed by atoms with Gasteiger partial charge < -0.3 is 4.74 Å². The van der Waals surface area contributed by atoms with E-state index >= 15 is 0 Å². The number of nitrogens with one attached hydrogen (secondary N) is 1. The Labute approximate surface area is 160 Å². The number of halogens is 1. The number of morpholine rings is 1. The van der Waals surface area contributed by atoms with Gasteiger partial charge in [-0.05, 0) is 30.7 Å². The van der Waals surface area contributed by atoms with Gasteiger partial charge in [-0.1, -0.05) is 48.0 Å². The van der Waals surface area contributed by atoms with Gasteiger partial charge in [0.1, 0.15) is 0 Å². The molecule has 1 aliphatic rings. The lowest BCUT2D eigenvalue weighted by Crippen LogP contribution is -2.48. The van der Waals surface area contributed by atoms with Crippen LogP contribution in [0.25, 0.3) is 0 Å². The number of sulfonamides is 1. The first-order valence-corrected chi connectivity index (χ1v) is 10.5. The van der Waals surface area contributed by atoms with E-state index in [0.717, 1.165) is 18.7 Å². The van der Waals surface area contributed by atoms with Gasteiger partial charge in [-0.15, -0.1) is 0 Å². The maximum absolute atomic E-state index is 12.8. The quantitative estimate of drug-likeness (QED) is 0.818. The molecule has 1 aliphatic heterocycles. The standard InChI is InChI=1S/C19H23ClN2O3S/c1-15(21-26(23,24)18-9-5-8-17(20)14-18)19(16-6-3-2-4-7-16)22-10-12-25-13-11-22/h2-9,14-15,19,21H,10-13H2,1H3/t15-,19+/m1/s1. The number of nitrogens with zero attached hydrogens (tertiary/aromatic N) is 1. The maximum atomic E-state index is 12.8. The topological polar surface area (TPSA) is 58.6 Å². The summed E-state index contributed by atoms with van der Waals surface area (Å²) in [6.07, 6.45) is 0. The van der Waals surface area contributed by atoms with Crippen LogP contribution < -0.4 is 4.72 Å². The summed E-state index contributed by atoms with van der Waals surface area (Å²) < 4.78 is 33.9. The monoisotopic (exact) mass is 394 g/mol. The van der Waals surface area contributed by atoms with Crippen LogP contribution in [0.5, 0.6) is 0 Å². The van der Waals surface area contributed by atoms with Gasteiger partial charge in [0.15, 0.2) is 0 Å². The Kier molecular flexibility index (Phi) is 6.32. The first-order chi connectivity index (χ1) is 12.5. The molecular weight excluding hydrogens is 372 g/mol. The predicted molar refractivity (Wildman–Crippen MR) is 103 cm³/mol. The zero-order valence-corrected chi connectivity index (χ0v) is 16.2. The molecule has 5 nitrogen and oxygen atoms in total. The van der Waals surface area contributed by atoms with Crippen molar-refractivity contribution in [1.82, 2.24) is 9.62 Å². The van der Waals surface area contributed by atoms with E-state index in [1.165, 1.54) is 6.07 Å². The molecule has 1 saturated heterocycles.